The number of hydrogen-bond donors (Lipinski definition) is 3. The van der Waals surface area contributed by atoms with Crippen molar-refractivity contribution in [1.29, 1.82) is 0 Å². The van der Waals surface area contributed by atoms with Crippen LogP contribution in [0.1, 0.15) is 35.7 Å². The molecule has 5 nitrogen and oxygen atoms in total. The van der Waals surface area contributed by atoms with Crippen molar-refractivity contribution in [3.05, 3.63) is 65.7 Å². The first-order valence-electron chi connectivity index (χ1n) is 7.62. The van der Waals surface area contributed by atoms with E-state index in [1.54, 1.807) is 12.1 Å². The molecular formula is C18H19N3O2S. The molecule has 0 aliphatic rings. The van der Waals surface area contributed by atoms with Gasteiger partial charge in [-0.25, -0.2) is 4.79 Å². The van der Waals surface area contributed by atoms with Gasteiger partial charge in [-0.2, -0.15) is 5.10 Å². The molecule has 0 saturated heterocycles. The summed E-state index contributed by atoms with van der Waals surface area (Å²) in [5, 5.41) is 16.6. The number of carboxylic acid groups (broad SMARTS) is 1. The SMILES string of the molecule is CCC/C(=N/NC(=S)Nc1cccc(C(=O)O)c1)c1ccccc1. The molecule has 2 aromatic rings. The van der Waals surface area contributed by atoms with Crippen LogP contribution in [0.3, 0.4) is 0 Å². The Kier molecular flexibility index (Phi) is 6.45. The highest BCUT2D eigenvalue weighted by Crippen LogP contribution is 2.11. The Morgan fingerprint density at radius 2 is 1.83 bits per heavy atom. The van der Waals surface area contributed by atoms with Gasteiger partial charge in [0.05, 0.1) is 11.3 Å². The van der Waals surface area contributed by atoms with E-state index in [0.717, 1.165) is 24.1 Å². The minimum Gasteiger partial charge on any atom is -0.478 e. The number of anilines is 1. The monoisotopic (exact) mass is 341 g/mol. The first kappa shape index (κ1) is 17.6. The van der Waals surface area contributed by atoms with Crippen LogP contribution in [0.4, 0.5) is 5.69 Å². The number of hydrogen-bond acceptors (Lipinski definition) is 3. The van der Waals surface area contributed by atoms with Crippen LogP contribution < -0.4 is 10.7 Å². The summed E-state index contributed by atoms with van der Waals surface area (Å²) in [6.45, 7) is 2.09. The molecule has 0 aromatic heterocycles. The Labute approximate surface area is 146 Å². The number of rotatable bonds is 6. The lowest BCUT2D eigenvalue weighted by Gasteiger charge is -2.10. The lowest BCUT2D eigenvalue weighted by molar-refractivity contribution is 0.0697. The van der Waals surface area contributed by atoms with Gasteiger partial charge in [0, 0.05) is 5.69 Å². The molecule has 3 N–H and O–H groups in total. The molecule has 2 rings (SSSR count). The number of carboxylic acids is 1. The van der Waals surface area contributed by atoms with Crippen LogP contribution in [0, 0.1) is 0 Å². The van der Waals surface area contributed by atoms with E-state index < -0.39 is 5.97 Å². The highest BCUT2D eigenvalue weighted by atomic mass is 32.1. The van der Waals surface area contributed by atoms with Gasteiger partial charge in [0.15, 0.2) is 5.11 Å². The molecule has 0 amide bonds. The number of nitrogens with zero attached hydrogens (tertiary/aromatic N) is 1. The van der Waals surface area contributed by atoms with Crippen LogP contribution in [0.2, 0.25) is 0 Å². The fraction of sp³-hybridized carbons (Fsp3) is 0.167. The summed E-state index contributed by atoms with van der Waals surface area (Å²) in [7, 11) is 0. The zero-order chi connectivity index (χ0) is 17.4. The largest absolute Gasteiger partial charge is 0.478 e. The highest BCUT2D eigenvalue weighted by Gasteiger charge is 2.05. The van der Waals surface area contributed by atoms with Gasteiger partial charge in [-0.05, 0) is 42.4 Å². The second-order valence-corrected chi connectivity index (χ2v) is 5.53. The Hall–Kier alpha value is -2.73. The normalized spacial score (nSPS) is 11.0. The number of benzene rings is 2. The maximum absolute atomic E-state index is 11.0. The van der Waals surface area contributed by atoms with Crippen molar-refractivity contribution >= 4 is 34.7 Å². The summed E-state index contributed by atoms with van der Waals surface area (Å²) in [5.41, 5.74) is 5.58. The fourth-order valence-corrected chi connectivity index (χ4v) is 2.30. The van der Waals surface area contributed by atoms with Gasteiger partial charge in [0.1, 0.15) is 0 Å². The van der Waals surface area contributed by atoms with Gasteiger partial charge in [-0.1, -0.05) is 49.7 Å². The fourth-order valence-electron chi connectivity index (χ4n) is 2.14. The quantitative estimate of drug-likeness (QED) is 0.422. The van der Waals surface area contributed by atoms with E-state index in [9.17, 15) is 4.79 Å². The number of aromatic carboxylic acids is 1. The van der Waals surface area contributed by atoms with E-state index in [-0.39, 0.29) is 5.56 Å². The lowest BCUT2D eigenvalue weighted by Crippen LogP contribution is -2.25. The van der Waals surface area contributed by atoms with E-state index in [4.69, 9.17) is 17.3 Å². The minimum atomic E-state index is -0.982. The van der Waals surface area contributed by atoms with Crippen LogP contribution in [0.15, 0.2) is 59.7 Å². The summed E-state index contributed by atoms with van der Waals surface area (Å²) in [4.78, 5) is 11.0. The molecule has 0 bridgehead atoms. The maximum atomic E-state index is 11.0. The predicted octanol–water partition coefficient (Wildman–Crippen LogP) is 3.88. The van der Waals surface area contributed by atoms with Gasteiger partial charge in [-0.15, -0.1) is 0 Å². The standard InChI is InChI=1S/C18H19N3O2S/c1-2-7-16(13-8-4-3-5-9-13)20-21-18(24)19-15-11-6-10-14(12-15)17(22)23/h3-6,8-12H,2,7H2,1H3,(H,22,23)(H2,19,21,24)/b20-16-. The molecule has 6 heteroatoms. The third-order valence-electron chi connectivity index (χ3n) is 3.25. The average molecular weight is 341 g/mol. The number of carbonyl (C=O) groups is 1. The van der Waals surface area contributed by atoms with E-state index in [1.807, 2.05) is 30.3 Å². The van der Waals surface area contributed by atoms with Gasteiger partial charge in [0.25, 0.3) is 0 Å². The molecule has 0 atom stereocenters. The minimum absolute atomic E-state index is 0.197. The molecule has 0 saturated carbocycles. The second kappa shape index (κ2) is 8.79. The van der Waals surface area contributed by atoms with Gasteiger partial charge < -0.3 is 10.4 Å². The second-order valence-electron chi connectivity index (χ2n) is 5.13. The van der Waals surface area contributed by atoms with E-state index in [2.05, 4.69) is 22.8 Å². The van der Waals surface area contributed by atoms with Crippen molar-refractivity contribution in [1.82, 2.24) is 5.43 Å². The van der Waals surface area contributed by atoms with E-state index in [1.165, 1.54) is 12.1 Å². The molecule has 24 heavy (non-hydrogen) atoms. The maximum Gasteiger partial charge on any atom is 0.335 e. The molecule has 2 aromatic carbocycles. The lowest BCUT2D eigenvalue weighted by atomic mass is 10.1. The molecule has 0 heterocycles. The number of hydrazone groups is 1. The molecule has 0 aliphatic carbocycles. The van der Waals surface area contributed by atoms with Crippen LogP contribution >= 0.6 is 12.2 Å². The van der Waals surface area contributed by atoms with Crippen molar-refractivity contribution < 1.29 is 9.90 Å². The summed E-state index contributed by atoms with van der Waals surface area (Å²) < 4.78 is 0. The third kappa shape index (κ3) is 5.17. The Morgan fingerprint density at radius 3 is 2.50 bits per heavy atom. The van der Waals surface area contributed by atoms with Crippen molar-refractivity contribution in [2.75, 3.05) is 5.32 Å². The van der Waals surface area contributed by atoms with Crippen molar-refractivity contribution in [3.63, 3.8) is 0 Å². The summed E-state index contributed by atoms with van der Waals surface area (Å²) >= 11 is 5.22. The zero-order valence-corrected chi connectivity index (χ0v) is 14.1. The Morgan fingerprint density at radius 1 is 1.12 bits per heavy atom. The van der Waals surface area contributed by atoms with Gasteiger partial charge in [0.2, 0.25) is 0 Å². The average Bonchev–Trinajstić information content (AvgIpc) is 2.59. The Balaban J connectivity index is 2.05. The molecule has 0 radical (unpaired) electrons. The highest BCUT2D eigenvalue weighted by molar-refractivity contribution is 7.80. The van der Waals surface area contributed by atoms with Crippen molar-refractivity contribution in [2.45, 2.75) is 19.8 Å². The molecule has 0 aliphatic heterocycles. The van der Waals surface area contributed by atoms with E-state index in [0.29, 0.717) is 10.8 Å². The predicted molar refractivity (Wildman–Crippen MR) is 101 cm³/mol. The van der Waals surface area contributed by atoms with Crippen LogP contribution in [0.5, 0.6) is 0 Å². The molecule has 0 fully saturated rings. The number of nitrogens with one attached hydrogen (secondary N) is 2. The summed E-state index contributed by atoms with van der Waals surface area (Å²) in [5.74, 6) is -0.982. The third-order valence-corrected chi connectivity index (χ3v) is 3.45. The first-order chi connectivity index (χ1) is 11.6. The Bertz CT molecular complexity index is 745. The van der Waals surface area contributed by atoms with Crippen molar-refractivity contribution in [3.8, 4) is 0 Å². The van der Waals surface area contributed by atoms with Crippen LogP contribution in [-0.2, 0) is 0 Å². The topological polar surface area (TPSA) is 73.7 Å². The van der Waals surface area contributed by atoms with E-state index >= 15 is 0 Å². The summed E-state index contributed by atoms with van der Waals surface area (Å²) in [6, 6.07) is 16.3. The molecular weight excluding hydrogens is 322 g/mol. The first-order valence-corrected chi connectivity index (χ1v) is 8.03. The summed E-state index contributed by atoms with van der Waals surface area (Å²) in [6.07, 6.45) is 1.80. The zero-order valence-electron chi connectivity index (χ0n) is 13.3. The van der Waals surface area contributed by atoms with Crippen LogP contribution in [-0.4, -0.2) is 21.9 Å². The molecule has 124 valence electrons. The van der Waals surface area contributed by atoms with Crippen molar-refractivity contribution in [2.24, 2.45) is 5.10 Å². The molecule has 0 unspecified atom stereocenters. The van der Waals surface area contributed by atoms with Crippen LogP contribution in [0.25, 0.3) is 0 Å². The van der Waals surface area contributed by atoms with Gasteiger partial charge in [-0.3, -0.25) is 5.43 Å². The number of thiocarbonyl (C=S) groups is 1. The molecule has 0 spiro atoms. The smallest absolute Gasteiger partial charge is 0.335 e. The van der Waals surface area contributed by atoms with Gasteiger partial charge >= 0.3 is 5.97 Å².